The van der Waals surface area contributed by atoms with Gasteiger partial charge in [0.1, 0.15) is 0 Å². The molecule has 5 heteroatoms. The molecule has 0 aliphatic carbocycles. The molecule has 0 aliphatic heterocycles. The smallest absolute Gasteiger partial charge is 0.238 e. The second kappa shape index (κ2) is 8.08. The van der Waals surface area contributed by atoms with Gasteiger partial charge in [-0.25, -0.2) is 0 Å². The predicted octanol–water partition coefficient (Wildman–Crippen LogP) is 2.15. The van der Waals surface area contributed by atoms with E-state index < -0.39 is 0 Å². The zero-order valence-electron chi connectivity index (χ0n) is 10.7. The Hall–Kier alpha value is -1.10. The van der Waals surface area contributed by atoms with Crippen molar-refractivity contribution < 1.29 is 9.53 Å². The van der Waals surface area contributed by atoms with Crippen LogP contribution >= 0.6 is 11.6 Å². The number of hydrogen-bond donors (Lipinski definition) is 2. The molecule has 2 N–H and O–H groups in total. The van der Waals surface area contributed by atoms with Crippen molar-refractivity contribution in [1.82, 2.24) is 5.32 Å². The van der Waals surface area contributed by atoms with E-state index in [9.17, 15) is 4.79 Å². The van der Waals surface area contributed by atoms with Gasteiger partial charge in [0.25, 0.3) is 0 Å². The molecule has 1 aromatic rings. The summed E-state index contributed by atoms with van der Waals surface area (Å²) in [5.74, 6) is 0.274. The van der Waals surface area contributed by atoms with Crippen molar-refractivity contribution in [1.29, 1.82) is 0 Å². The van der Waals surface area contributed by atoms with Crippen molar-refractivity contribution in [2.75, 3.05) is 32.1 Å². The summed E-state index contributed by atoms with van der Waals surface area (Å²) in [4.78, 5) is 11.6. The molecule has 0 radical (unpaired) electrons. The third-order valence-electron chi connectivity index (χ3n) is 2.38. The number of nitrogens with one attached hydrogen (secondary N) is 2. The van der Waals surface area contributed by atoms with Crippen molar-refractivity contribution in [3.63, 3.8) is 0 Å². The van der Waals surface area contributed by atoms with Crippen LogP contribution in [0.5, 0.6) is 0 Å². The van der Waals surface area contributed by atoms with E-state index in [2.05, 4.69) is 17.6 Å². The highest BCUT2D eigenvalue weighted by Crippen LogP contribution is 2.19. The maximum absolute atomic E-state index is 11.6. The first kappa shape index (κ1) is 15.0. The number of ether oxygens (including phenoxy) is 1. The Morgan fingerprint density at radius 2 is 2.17 bits per heavy atom. The molecule has 1 aromatic carbocycles. The van der Waals surface area contributed by atoms with E-state index in [4.69, 9.17) is 16.3 Å². The first-order chi connectivity index (χ1) is 8.63. The summed E-state index contributed by atoms with van der Waals surface area (Å²) in [5, 5.41) is 6.37. The van der Waals surface area contributed by atoms with Crippen LogP contribution in [-0.2, 0) is 9.53 Å². The van der Waals surface area contributed by atoms with E-state index in [1.807, 2.05) is 12.1 Å². The highest BCUT2D eigenvalue weighted by Gasteiger charge is 2.06. The number of carbonyl (C=O) groups excluding carboxylic acids is 1. The largest absolute Gasteiger partial charge is 0.384 e. The zero-order valence-corrected chi connectivity index (χ0v) is 11.5. The molecule has 0 saturated heterocycles. The number of methoxy groups -OCH3 is 1. The molecule has 0 bridgehead atoms. The van der Waals surface area contributed by atoms with Crippen LogP contribution in [0.25, 0.3) is 0 Å². The molecule has 1 amide bonds. The van der Waals surface area contributed by atoms with Gasteiger partial charge in [-0.3, -0.25) is 4.79 Å². The third kappa shape index (κ3) is 5.49. The molecule has 0 aromatic heterocycles. The molecule has 0 fully saturated rings. The summed E-state index contributed by atoms with van der Waals surface area (Å²) < 4.78 is 5.01. The Kier molecular flexibility index (Phi) is 6.72. The Balaban J connectivity index is 2.28. The monoisotopic (exact) mass is 270 g/mol. The highest BCUT2D eigenvalue weighted by molar-refractivity contribution is 6.33. The number of hydrogen-bond acceptors (Lipinski definition) is 3. The quantitative estimate of drug-likeness (QED) is 0.798. The van der Waals surface area contributed by atoms with Crippen molar-refractivity contribution in [2.45, 2.75) is 6.92 Å². The second-order valence-corrected chi connectivity index (χ2v) is 4.63. The van der Waals surface area contributed by atoms with Crippen LogP contribution < -0.4 is 10.6 Å². The molecule has 18 heavy (non-hydrogen) atoms. The molecule has 4 nitrogen and oxygen atoms in total. The number of anilines is 1. The fourth-order valence-corrected chi connectivity index (χ4v) is 1.72. The maximum atomic E-state index is 11.6. The van der Waals surface area contributed by atoms with Crippen molar-refractivity contribution in [2.24, 2.45) is 5.92 Å². The number of halogens is 1. The van der Waals surface area contributed by atoms with E-state index in [1.165, 1.54) is 0 Å². The zero-order chi connectivity index (χ0) is 13.4. The topological polar surface area (TPSA) is 50.4 Å². The van der Waals surface area contributed by atoms with Crippen LogP contribution in [0.1, 0.15) is 6.92 Å². The summed E-state index contributed by atoms with van der Waals surface area (Å²) in [5.41, 5.74) is 0.635. The lowest BCUT2D eigenvalue weighted by Gasteiger charge is -2.11. The lowest BCUT2D eigenvalue weighted by atomic mass is 10.2. The molecule has 0 spiro atoms. The van der Waals surface area contributed by atoms with Crippen molar-refractivity contribution in [3.05, 3.63) is 29.3 Å². The lowest BCUT2D eigenvalue weighted by molar-refractivity contribution is -0.115. The summed E-state index contributed by atoms with van der Waals surface area (Å²) >= 11 is 5.94. The van der Waals surface area contributed by atoms with E-state index in [-0.39, 0.29) is 12.5 Å². The van der Waals surface area contributed by atoms with Gasteiger partial charge in [-0.2, -0.15) is 0 Å². The SMILES string of the molecule is COCC(C)CNCC(=O)Nc1ccccc1Cl. The lowest BCUT2D eigenvalue weighted by Crippen LogP contribution is -2.32. The first-order valence-corrected chi connectivity index (χ1v) is 6.25. The number of benzene rings is 1. The summed E-state index contributed by atoms with van der Waals surface area (Å²) in [7, 11) is 1.67. The number of para-hydroxylation sites is 1. The van der Waals surface area contributed by atoms with Gasteiger partial charge in [-0.05, 0) is 18.1 Å². The molecule has 1 atom stereocenters. The summed E-state index contributed by atoms with van der Waals surface area (Å²) in [6.45, 7) is 3.74. The standard InChI is InChI=1S/C13H19ClN2O2/c1-10(9-18-2)7-15-8-13(17)16-12-6-4-3-5-11(12)14/h3-6,10,15H,7-9H2,1-2H3,(H,16,17). The predicted molar refractivity (Wildman–Crippen MR) is 74.0 cm³/mol. The van der Waals surface area contributed by atoms with Crippen LogP contribution in [0.15, 0.2) is 24.3 Å². The Morgan fingerprint density at radius 3 is 2.83 bits per heavy atom. The third-order valence-corrected chi connectivity index (χ3v) is 2.71. The summed E-state index contributed by atoms with van der Waals surface area (Å²) in [6.07, 6.45) is 0. The molecule has 0 saturated carbocycles. The number of rotatable bonds is 7. The maximum Gasteiger partial charge on any atom is 0.238 e. The number of amides is 1. The minimum absolute atomic E-state index is 0.104. The van der Waals surface area contributed by atoms with E-state index in [0.29, 0.717) is 23.2 Å². The molecule has 1 unspecified atom stereocenters. The van der Waals surface area contributed by atoms with Gasteiger partial charge in [-0.1, -0.05) is 30.7 Å². The normalized spacial score (nSPS) is 12.2. The number of carbonyl (C=O) groups is 1. The molecular weight excluding hydrogens is 252 g/mol. The minimum atomic E-state index is -0.104. The first-order valence-electron chi connectivity index (χ1n) is 5.87. The Bertz CT molecular complexity index is 385. The van der Waals surface area contributed by atoms with Crippen LogP contribution in [0.3, 0.4) is 0 Å². The highest BCUT2D eigenvalue weighted by atomic mass is 35.5. The van der Waals surface area contributed by atoms with E-state index >= 15 is 0 Å². The van der Waals surface area contributed by atoms with E-state index in [0.717, 1.165) is 6.54 Å². The minimum Gasteiger partial charge on any atom is -0.384 e. The van der Waals surface area contributed by atoms with Gasteiger partial charge in [-0.15, -0.1) is 0 Å². The average Bonchev–Trinajstić information content (AvgIpc) is 2.32. The van der Waals surface area contributed by atoms with Crippen molar-refractivity contribution in [3.8, 4) is 0 Å². The molecule has 1 rings (SSSR count). The van der Waals surface area contributed by atoms with Gasteiger partial charge >= 0.3 is 0 Å². The van der Waals surface area contributed by atoms with Gasteiger partial charge in [0.15, 0.2) is 0 Å². The average molecular weight is 271 g/mol. The molecule has 0 aliphatic rings. The molecule has 0 heterocycles. The van der Waals surface area contributed by atoms with Crippen LogP contribution in [0.2, 0.25) is 5.02 Å². The van der Waals surface area contributed by atoms with Crippen molar-refractivity contribution >= 4 is 23.2 Å². The fraction of sp³-hybridized carbons (Fsp3) is 0.462. The second-order valence-electron chi connectivity index (χ2n) is 4.22. The molecular formula is C13H19ClN2O2. The van der Waals surface area contributed by atoms with Gasteiger partial charge in [0.05, 0.1) is 17.3 Å². The van der Waals surface area contributed by atoms with E-state index in [1.54, 1.807) is 19.2 Å². The van der Waals surface area contributed by atoms with Gasteiger partial charge < -0.3 is 15.4 Å². The van der Waals surface area contributed by atoms with Crippen LogP contribution in [-0.4, -0.2) is 32.7 Å². The Labute approximate surface area is 113 Å². The summed E-state index contributed by atoms with van der Waals surface area (Å²) in [6, 6.07) is 7.16. The molecule has 100 valence electrons. The van der Waals surface area contributed by atoms with Gasteiger partial charge in [0, 0.05) is 20.3 Å². The van der Waals surface area contributed by atoms with Crippen LogP contribution in [0.4, 0.5) is 5.69 Å². The van der Waals surface area contributed by atoms with Crippen LogP contribution in [0, 0.1) is 5.92 Å². The fourth-order valence-electron chi connectivity index (χ4n) is 1.53. The van der Waals surface area contributed by atoms with Gasteiger partial charge in [0.2, 0.25) is 5.91 Å². The Morgan fingerprint density at radius 1 is 1.44 bits per heavy atom.